The van der Waals surface area contributed by atoms with Crippen molar-refractivity contribution in [3.63, 3.8) is 0 Å². The van der Waals surface area contributed by atoms with Crippen molar-refractivity contribution in [3.05, 3.63) is 40.5 Å². The van der Waals surface area contributed by atoms with E-state index in [1.54, 1.807) is 7.05 Å². The van der Waals surface area contributed by atoms with Gasteiger partial charge in [-0.25, -0.2) is 0 Å². The molecule has 1 atom stereocenters. The number of carbonyl (C=O) groups excluding carboxylic acids is 1. The number of benzene rings is 1. The minimum absolute atomic E-state index is 0.136. The third-order valence-corrected chi connectivity index (χ3v) is 3.51. The molecule has 4 heteroatoms. The molecule has 0 saturated heterocycles. The molecule has 1 N–H and O–H groups in total. The molecular formula is C17H25NO3. The lowest BCUT2D eigenvalue weighted by Gasteiger charge is -2.18. The minimum atomic E-state index is -0.666. The van der Waals surface area contributed by atoms with Crippen LogP contribution in [0.4, 0.5) is 0 Å². The van der Waals surface area contributed by atoms with E-state index in [1.807, 2.05) is 13.0 Å². The van der Waals surface area contributed by atoms with Gasteiger partial charge in [0.1, 0.15) is 0 Å². The van der Waals surface area contributed by atoms with E-state index in [2.05, 4.69) is 26.0 Å². The van der Waals surface area contributed by atoms with Crippen LogP contribution < -0.4 is 0 Å². The predicted molar refractivity (Wildman–Crippen MR) is 85.2 cm³/mol. The minimum Gasteiger partial charge on any atom is -0.389 e. The molecule has 1 aromatic carbocycles. The van der Waals surface area contributed by atoms with Gasteiger partial charge in [-0.2, -0.15) is 0 Å². The normalized spacial score (nSPS) is 12.7. The van der Waals surface area contributed by atoms with E-state index >= 15 is 0 Å². The number of rotatable bonds is 6. The van der Waals surface area contributed by atoms with Crippen molar-refractivity contribution in [3.8, 4) is 0 Å². The van der Waals surface area contributed by atoms with Crippen LogP contribution >= 0.6 is 0 Å². The molecule has 116 valence electrons. The molecule has 0 aromatic heterocycles. The first-order chi connectivity index (χ1) is 9.85. The summed E-state index contributed by atoms with van der Waals surface area (Å²) in [5.41, 5.74) is 4.63. The number of carbonyl (C=O) groups is 1. The molecule has 1 unspecified atom stereocenters. The van der Waals surface area contributed by atoms with E-state index in [4.69, 9.17) is 4.74 Å². The summed E-state index contributed by atoms with van der Waals surface area (Å²) in [5, 5.41) is 9.62. The fraction of sp³-hybridized carbons (Fsp3) is 0.471. The molecule has 0 fully saturated rings. The smallest absolute Gasteiger partial charge is 0.246 e. The molecule has 0 spiro atoms. The van der Waals surface area contributed by atoms with Crippen molar-refractivity contribution in [1.82, 2.24) is 4.90 Å². The molecule has 0 bridgehead atoms. The van der Waals surface area contributed by atoms with Gasteiger partial charge in [0.05, 0.1) is 12.7 Å². The molecule has 1 aromatic rings. The van der Waals surface area contributed by atoms with Crippen LogP contribution in [0.25, 0.3) is 6.08 Å². The first-order valence-corrected chi connectivity index (χ1v) is 7.03. The maximum absolute atomic E-state index is 12.0. The van der Waals surface area contributed by atoms with Crippen LogP contribution in [0, 0.1) is 20.8 Å². The molecule has 1 amide bonds. The zero-order valence-electron chi connectivity index (χ0n) is 13.5. The molecule has 0 aliphatic rings. The number of likely N-dealkylation sites (N-methyl/N-ethyl adjacent to an activating group) is 1. The summed E-state index contributed by atoms with van der Waals surface area (Å²) in [7, 11) is 3.19. The fourth-order valence-electron chi connectivity index (χ4n) is 2.10. The van der Waals surface area contributed by atoms with Gasteiger partial charge in [-0.15, -0.1) is 0 Å². The van der Waals surface area contributed by atoms with Crippen LogP contribution in [-0.4, -0.2) is 49.3 Å². The number of aryl methyl sites for hydroxylation is 3. The summed E-state index contributed by atoms with van der Waals surface area (Å²) < 4.78 is 4.85. The second kappa shape index (κ2) is 7.96. The number of amides is 1. The molecule has 0 saturated carbocycles. The zero-order chi connectivity index (χ0) is 16.0. The van der Waals surface area contributed by atoms with Crippen molar-refractivity contribution in [2.24, 2.45) is 0 Å². The number of aliphatic hydroxyl groups is 1. The Bertz CT molecular complexity index is 523. The number of ether oxygens (including phenoxy) is 1. The van der Waals surface area contributed by atoms with E-state index in [1.165, 1.54) is 29.2 Å². The summed E-state index contributed by atoms with van der Waals surface area (Å²) in [4.78, 5) is 13.5. The lowest BCUT2D eigenvalue weighted by atomic mass is 10.0. The Morgan fingerprint density at radius 3 is 2.52 bits per heavy atom. The van der Waals surface area contributed by atoms with E-state index < -0.39 is 6.10 Å². The summed E-state index contributed by atoms with van der Waals surface area (Å²) in [6.45, 7) is 6.64. The van der Waals surface area contributed by atoms with Crippen LogP contribution in [0.3, 0.4) is 0 Å². The average Bonchev–Trinajstić information content (AvgIpc) is 2.41. The fourth-order valence-corrected chi connectivity index (χ4v) is 2.10. The standard InChI is InChI=1S/C17H25NO3/c1-12-8-14(3)15(9-13(12)2)6-7-17(20)18(4)10-16(19)11-21-5/h6-9,16,19H,10-11H2,1-5H3. The summed E-state index contributed by atoms with van der Waals surface area (Å²) in [6, 6.07) is 4.19. The first-order valence-electron chi connectivity index (χ1n) is 7.03. The molecule has 0 radical (unpaired) electrons. The number of hydrogen-bond donors (Lipinski definition) is 1. The Labute approximate surface area is 127 Å². The number of aliphatic hydroxyl groups excluding tert-OH is 1. The van der Waals surface area contributed by atoms with Crippen molar-refractivity contribution in [2.75, 3.05) is 27.3 Å². The molecular weight excluding hydrogens is 266 g/mol. The third-order valence-electron chi connectivity index (χ3n) is 3.51. The van der Waals surface area contributed by atoms with Crippen molar-refractivity contribution in [1.29, 1.82) is 0 Å². The van der Waals surface area contributed by atoms with Gasteiger partial charge < -0.3 is 14.7 Å². The van der Waals surface area contributed by atoms with Crippen LogP contribution in [0.15, 0.2) is 18.2 Å². The Morgan fingerprint density at radius 1 is 1.29 bits per heavy atom. The van der Waals surface area contributed by atoms with Gasteiger partial charge in [-0.3, -0.25) is 4.79 Å². The van der Waals surface area contributed by atoms with Crippen LogP contribution in [-0.2, 0) is 9.53 Å². The van der Waals surface area contributed by atoms with E-state index in [0.29, 0.717) is 0 Å². The van der Waals surface area contributed by atoms with E-state index in [9.17, 15) is 9.90 Å². The molecule has 1 rings (SSSR count). The van der Waals surface area contributed by atoms with Gasteiger partial charge in [-0.05, 0) is 49.1 Å². The second-order valence-electron chi connectivity index (χ2n) is 5.45. The largest absolute Gasteiger partial charge is 0.389 e. The van der Waals surface area contributed by atoms with Crippen molar-refractivity contribution < 1.29 is 14.6 Å². The highest BCUT2D eigenvalue weighted by Crippen LogP contribution is 2.16. The summed E-state index contributed by atoms with van der Waals surface area (Å²) in [5.74, 6) is -0.136. The highest BCUT2D eigenvalue weighted by Gasteiger charge is 2.11. The molecule has 4 nitrogen and oxygen atoms in total. The van der Waals surface area contributed by atoms with E-state index in [-0.39, 0.29) is 19.1 Å². The van der Waals surface area contributed by atoms with Gasteiger partial charge in [-0.1, -0.05) is 12.1 Å². The number of methoxy groups -OCH3 is 1. The van der Waals surface area contributed by atoms with Gasteiger partial charge in [0.25, 0.3) is 0 Å². The second-order valence-corrected chi connectivity index (χ2v) is 5.45. The highest BCUT2D eigenvalue weighted by atomic mass is 16.5. The molecule has 0 aliphatic carbocycles. The Balaban J connectivity index is 2.72. The molecule has 0 heterocycles. The van der Waals surface area contributed by atoms with Crippen LogP contribution in [0.2, 0.25) is 0 Å². The lowest BCUT2D eigenvalue weighted by Crippen LogP contribution is -2.35. The Hall–Kier alpha value is -1.65. The predicted octanol–water partition coefficient (Wildman–Crippen LogP) is 2.09. The van der Waals surface area contributed by atoms with Gasteiger partial charge in [0.15, 0.2) is 0 Å². The quantitative estimate of drug-likeness (QED) is 0.817. The number of nitrogens with zero attached hydrogens (tertiary/aromatic N) is 1. The average molecular weight is 291 g/mol. The highest BCUT2D eigenvalue weighted by molar-refractivity contribution is 5.91. The topological polar surface area (TPSA) is 49.8 Å². The summed E-state index contributed by atoms with van der Waals surface area (Å²) >= 11 is 0. The monoisotopic (exact) mass is 291 g/mol. The third kappa shape index (κ3) is 5.33. The zero-order valence-corrected chi connectivity index (χ0v) is 13.5. The first kappa shape index (κ1) is 17.4. The van der Waals surface area contributed by atoms with Crippen LogP contribution in [0.1, 0.15) is 22.3 Å². The van der Waals surface area contributed by atoms with E-state index in [0.717, 1.165) is 11.1 Å². The maximum Gasteiger partial charge on any atom is 0.246 e. The Morgan fingerprint density at radius 2 is 1.90 bits per heavy atom. The van der Waals surface area contributed by atoms with Crippen LogP contribution in [0.5, 0.6) is 0 Å². The van der Waals surface area contributed by atoms with Gasteiger partial charge >= 0.3 is 0 Å². The lowest BCUT2D eigenvalue weighted by molar-refractivity contribution is -0.126. The van der Waals surface area contributed by atoms with Gasteiger partial charge in [0.2, 0.25) is 5.91 Å². The van der Waals surface area contributed by atoms with Crippen molar-refractivity contribution >= 4 is 12.0 Å². The molecule has 21 heavy (non-hydrogen) atoms. The Kier molecular flexibility index (Phi) is 6.59. The van der Waals surface area contributed by atoms with Crippen molar-refractivity contribution in [2.45, 2.75) is 26.9 Å². The van der Waals surface area contributed by atoms with Gasteiger partial charge in [0, 0.05) is 26.8 Å². The summed E-state index contributed by atoms with van der Waals surface area (Å²) in [6.07, 6.45) is 2.70. The maximum atomic E-state index is 12.0. The number of hydrogen-bond acceptors (Lipinski definition) is 3. The SMILES string of the molecule is COCC(O)CN(C)C(=O)C=Cc1cc(C)c(C)cc1C. The molecule has 0 aliphatic heterocycles.